The molecule has 0 amide bonds. The molecular formula is C12H13N5O3S. The topological polar surface area (TPSA) is 118 Å². The predicted octanol–water partition coefficient (Wildman–Crippen LogP) is 0.880. The molecule has 0 fully saturated rings. The number of nitrogens with two attached hydrogens (primary N) is 1. The van der Waals surface area contributed by atoms with Gasteiger partial charge in [0.15, 0.2) is 0 Å². The molecule has 0 aromatic carbocycles. The van der Waals surface area contributed by atoms with E-state index in [0.29, 0.717) is 25.1 Å². The Labute approximate surface area is 123 Å². The second-order valence-corrected chi connectivity index (χ2v) is 5.98. The highest BCUT2D eigenvalue weighted by atomic mass is 32.1. The number of nitrogens with zero attached hydrogens (tertiary/aromatic N) is 3. The van der Waals surface area contributed by atoms with Crippen LogP contribution in [0.2, 0.25) is 0 Å². The number of nitrogens with one attached hydrogen (secondary N) is 1. The maximum Gasteiger partial charge on any atom is 0.324 e. The highest BCUT2D eigenvalue weighted by molar-refractivity contribution is 7.15. The standard InChI is InChI=1S/C12H13N5O3S/c13-12-14-9-3-4-16(6-8(9)11(18)15-12)5-7-1-2-10(21-7)17(19)20/h1-2H,3-6H2,(H3,13,14,15,18). The summed E-state index contributed by atoms with van der Waals surface area (Å²) in [7, 11) is 0. The Morgan fingerprint density at radius 1 is 1.52 bits per heavy atom. The third kappa shape index (κ3) is 2.78. The van der Waals surface area contributed by atoms with Gasteiger partial charge < -0.3 is 5.73 Å². The number of aromatic amines is 1. The SMILES string of the molecule is Nc1nc2c(c(=O)[nH]1)CN(Cc1ccc([N+](=O)[O-])s1)CC2. The van der Waals surface area contributed by atoms with E-state index in [4.69, 9.17) is 5.73 Å². The summed E-state index contributed by atoms with van der Waals surface area (Å²) < 4.78 is 0. The summed E-state index contributed by atoms with van der Waals surface area (Å²) in [6.07, 6.45) is 0.650. The Morgan fingerprint density at radius 2 is 2.33 bits per heavy atom. The van der Waals surface area contributed by atoms with Crippen molar-refractivity contribution in [1.82, 2.24) is 14.9 Å². The Kier molecular flexibility index (Phi) is 3.43. The Hall–Kier alpha value is -2.26. The van der Waals surface area contributed by atoms with Crippen LogP contribution < -0.4 is 11.3 Å². The lowest BCUT2D eigenvalue weighted by Crippen LogP contribution is -2.35. The van der Waals surface area contributed by atoms with Gasteiger partial charge >= 0.3 is 5.00 Å². The summed E-state index contributed by atoms with van der Waals surface area (Å²) in [5.74, 6) is 0.140. The molecule has 3 heterocycles. The zero-order valence-electron chi connectivity index (χ0n) is 11.0. The predicted molar refractivity (Wildman–Crippen MR) is 78.1 cm³/mol. The first kappa shape index (κ1) is 13.7. The van der Waals surface area contributed by atoms with Crippen LogP contribution in [0.15, 0.2) is 16.9 Å². The van der Waals surface area contributed by atoms with Crippen LogP contribution in [0.5, 0.6) is 0 Å². The van der Waals surface area contributed by atoms with E-state index < -0.39 is 4.92 Å². The molecule has 3 rings (SSSR count). The summed E-state index contributed by atoms with van der Waals surface area (Å²) >= 11 is 1.16. The van der Waals surface area contributed by atoms with Crippen molar-refractivity contribution in [3.05, 3.63) is 48.7 Å². The first-order valence-corrected chi connectivity index (χ1v) is 7.17. The molecule has 0 saturated heterocycles. The maximum absolute atomic E-state index is 11.9. The van der Waals surface area contributed by atoms with Crippen molar-refractivity contribution in [3.63, 3.8) is 0 Å². The smallest absolute Gasteiger partial charge is 0.324 e. The first-order chi connectivity index (χ1) is 10.0. The molecule has 0 aliphatic carbocycles. The van der Waals surface area contributed by atoms with Crippen molar-refractivity contribution < 1.29 is 4.92 Å². The molecule has 110 valence electrons. The van der Waals surface area contributed by atoms with Crippen molar-refractivity contribution in [2.75, 3.05) is 12.3 Å². The van der Waals surface area contributed by atoms with Crippen molar-refractivity contribution >= 4 is 22.3 Å². The van der Waals surface area contributed by atoms with Crippen molar-refractivity contribution in [1.29, 1.82) is 0 Å². The van der Waals surface area contributed by atoms with Crippen molar-refractivity contribution in [2.45, 2.75) is 19.5 Å². The number of hydrogen-bond acceptors (Lipinski definition) is 7. The number of hydrogen-bond donors (Lipinski definition) is 2. The zero-order valence-corrected chi connectivity index (χ0v) is 11.9. The largest absolute Gasteiger partial charge is 0.369 e. The van der Waals surface area contributed by atoms with E-state index in [1.165, 1.54) is 6.07 Å². The van der Waals surface area contributed by atoms with Crippen LogP contribution in [0.25, 0.3) is 0 Å². The third-order valence-corrected chi connectivity index (χ3v) is 4.39. The molecule has 0 bridgehead atoms. The molecule has 8 nitrogen and oxygen atoms in total. The van der Waals surface area contributed by atoms with Crippen LogP contribution in [-0.2, 0) is 19.5 Å². The number of rotatable bonds is 3. The molecule has 9 heteroatoms. The summed E-state index contributed by atoms with van der Waals surface area (Å²) in [6, 6.07) is 3.26. The first-order valence-electron chi connectivity index (χ1n) is 6.36. The van der Waals surface area contributed by atoms with Crippen molar-refractivity contribution in [2.24, 2.45) is 0 Å². The van der Waals surface area contributed by atoms with Crippen LogP contribution in [-0.4, -0.2) is 26.3 Å². The lowest BCUT2D eigenvalue weighted by atomic mass is 10.1. The van der Waals surface area contributed by atoms with Gasteiger partial charge in [0, 0.05) is 37.0 Å². The van der Waals surface area contributed by atoms with Gasteiger partial charge in [-0.25, -0.2) is 4.98 Å². The number of fused-ring (bicyclic) bond motifs is 1. The second-order valence-electron chi connectivity index (χ2n) is 4.83. The fourth-order valence-corrected chi connectivity index (χ4v) is 3.27. The average Bonchev–Trinajstić information content (AvgIpc) is 2.88. The van der Waals surface area contributed by atoms with E-state index in [2.05, 4.69) is 14.9 Å². The van der Waals surface area contributed by atoms with Gasteiger partial charge in [0.1, 0.15) is 0 Å². The molecular weight excluding hydrogens is 294 g/mol. The molecule has 1 aliphatic rings. The van der Waals surface area contributed by atoms with E-state index in [1.54, 1.807) is 6.07 Å². The molecule has 2 aromatic rings. The van der Waals surface area contributed by atoms with Crippen molar-refractivity contribution in [3.8, 4) is 0 Å². The normalized spacial score (nSPS) is 14.9. The lowest BCUT2D eigenvalue weighted by Gasteiger charge is -2.26. The number of H-pyrrole nitrogens is 1. The van der Waals surface area contributed by atoms with Gasteiger partial charge in [-0.15, -0.1) is 0 Å². The van der Waals surface area contributed by atoms with Gasteiger partial charge in [-0.3, -0.25) is 24.8 Å². The molecule has 0 radical (unpaired) electrons. The summed E-state index contributed by atoms with van der Waals surface area (Å²) in [6.45, 7) is 1.81. The van der Waals surface area contributed by atoms with Crippen LogP contribution in [0.3, 0.4) is 0 Å². The molecule has 0 spiro atoms. The van der Waals surface area contributed by atoms with E-state index >= 15 is 0 Å². The summed E-state index contributed by atoms with van der Waals surface area (Å²) in [4.78, 5) is 31.8. The minimum atomic E-state index is -0.392. The fraction of sp³-hybridized carbons (Fsp3) is 0.333. The lowest BCUT2D eigenvalue weighted by molar-refractivity contribution is -0.380. The van der Waals surface area contributed by atoms with Crippen LogP contribution in [0.1, 0.15) is 16.1 Å². The molecule has 3 N–H and O–H groups in total. The fourth-order valence-electron chi connectivity index (χ4n) is 2.41. The van der Waals surface area contributed by atoms with Crippen LogP contribution in [0, 0.1) is 10.1 Å². The minimum Gasteiger partial charge on any atom is -0.369 e. The van der Waals surface area contributed by atoms with Crippen LogP contribution in [0.4, 0.5) is 10.9 Å². The maximum atomic E-state index is 11.9. The molecule has 0 saturated carbocycles. The molecule has 1 aliphatic heterocycles. The summed E-state index contributed by atoms with van der Waals surface area (Å²) in [5, 5.41) is 10.8. The molecule has 0 atom stereocenters. The Balaban J connectivity index is 1.77. The van der Waals surface area contributed by atoms with E-state index in [1.807, 2.05) is 0 Å². The van der Waals surface area contributed by atoms with Gasteiger partial charge in [-0.05, 0) is 6.07 Å². The number of aromatic nitrogens is 2. The number of anilines is 1. The highest BCUT2D eigenvalue weighted by Gasteiger charge is 2.22. The Morgan fingerprint density at radius 3 is 3.05 bits per heavy atom. The minimum absolute atomic E-state index is 0.134. The van der Waals surface area contributed by atoms with Gasteiger partial charge in [-0.1, -0.05) is 11.3 Å². The monoisotopic (exact) mass is 307 g/mol. The second kappa shape index (κ2) is 5.26. The quantitative estimate of drug-likeness (QED) is 0.642. The van der Waals surface area contributed by atoms with Gasteiger partial charge in [0.05, 0.1) is 16.2 Å². The molecule has 2 aromatic heterocycles. The molecule has 0 unspecified atom stereocenters. The van der Waals surface area contributed by atoms with Gasteiger partial charge in [-0.2, -0.15) is 0 Å². The summed E-state index contributed by atoms with van der Waals surface area (Å²) in [5.41, 5.74) is 6.69. The number of nitrogen functional groups attached to an aromatic ring is 1. The Bertz CT molecular complexity index is 754. The highest BCUT2D eigenvalue weighted by Crippen LogP contribution is 2.26. The number of nitro groups is 1. The third-order valence-electron chi connectivity index (χ3n) is 3.37. The van der Waals surface area contributed by atoms with Crippen LogP contribution >= 0.6 is 11.3 Å². The van der Waals surface area contributed by atoms with Gasteiger partial charge in [0.25, 0.3) is 5.56 Å². The van der Waals surface area contributed by atoms with E-state index in [9.17, 15) is 14.9 Å². The zero-order chi connectivity index (χ0) is 15.0. The van der Waals surface area contributed by atoms with E-state index in [0.717, 1.165) is 28.5 Å². The number of thiophene rings is 1. The average molecular weight is 307 g/mol. The molecule has 21 heavy (non-hydrogen) atoms. The van der Waals surface area contributed by atoms with E-state index in [-0.39, 0.29) is 16.5 Å². The van der Waals surface area contributed by atoms with Gasteiger partial charge in [0.2, 0.25) is 5.95 Å².